The van der Waals surface area contributed by atoms with Gasteiger partial charge in [0.15, 0.2) is 11.6 Å². The lowest BCUT2D eigenvalue weighted by Crippen LogP contribution is -2.18. The monoisotopic (exact) mass is 224 g/mol. The molecule has 5 heteroatoms. The van der Waals surface area contributed by atoms with Gasteiger partial charge in [-0.05, 0) is 30.5 Å². The molecule has 3 nitrogen and oxygen atoms in total. The fourth-order valence-corrected chi connectivity index (χ4v) is 1.20. The molecule has 1 aromatic carbocycles. The molecule has 1 aliphatic rings. The molecule has 0 spiro atoms. The van der Waals surface area contributed by atoms with Crippen molar-refractivity contribution in [2.75, 3.05) is 0 Å². The zero-order valence-electron chi connectivity index (χ0n) is 8.41. The molecule has 1 aromatic rings. The Labute approximate surface area is 91.2 Å². The minimum absolute atomic E-state index is 0.0714. The molecular weight excluding hydrogens is 214 g/mol. The summed E-state index contributed by atoms with van der Waals surface area (Å²) in [5, 5.41) is 3.66. The van der Waals surface area contributed by atoms with E-state index in [1.165, 1.54) is 12.3 Å². The summed E-state index contributed by atoms with van der Waals surface area (Å²) in [6.45, 7) is 0. The van der Waals surface area contributed by atoms with Crippen LogP contribution in [-0.2, 0) is 4.79 Å². The third-order valence-electron chi connectivity index (χ3n) is 2.28. The number of carbonyl (C=O) groups excluding carboxylic acids is 1. The highest BCUT2D eigenvalue weighted by atomic mass is 19.2. The van der Waals surface area contributed by atoms with Gasteiger partial charge in [0, 0.05) is 5.92 Å². The zero-order valence-corrected chi connectivity index (χ0v) is 8.41. The summed E-state index contributed by atoms with van der Waals surface area (Å²) in [4.78, 5) is 11.2. The first kappa shape index (κ1) is 10.7. The molecule has 0 saturated heterocycles. The van der Waals surface area contributed by atoms with Crippen LogP contribution in [0.5, 0.6) is 0 Å². The van der Waals surface area contributed by atoms with Crippen LogP contribution >= 0.6 is 0 Å². The fourth-order valence-electron chi connectivity index (χ4n) is 1.20. The van der Waals surface area contributed by atoms with Crippen molar-refractivity contribution >= 4 is 12.1 Å². The van der Waals surface area contributed by atoms with Crippen LogP contribution in [0.3, 0.4) is 0 Å². The minimum Gasteiger partial charge on any atom is -0.273 e. The Morgan fingerprint density at radius 3 is 2.75 bits per heavy atom. The fraction of sp³-hybridized carbons (Fsp3) is 0.273. The van der Waals surface area contributed by atoms with E-state index >= 15 is 0 Å². The highest BCUT2D eigenvalue weighted by Crippen LogP contribution is 2.28. The Balaban J connectivity index is 1.94. The number of halogens is 2. The van der Waals surface area contributed by atoms with Crippen LogP contribution in [0.25, 0.3) is 0 Å². The van der Waals surface area contributed by atoms with Gasteiger partial charge in [0.2, 0.25) is 5.91 Å². The van der Waals surface area contributed by atoms with E-state index < -0.39 is 11.6 Å². The first-order chi connectivity index (χ1) is 7.66. The van der Waals surface area contributed by atoms with Gasteiger partial charge in [-0.3, -0.25) is 4.79 Å². The molecule has 0 radical (unpaired) electrons. The minimum atomic E-state index is -0.933. The van der Waals surface area contributed by atoms with Gasteiger partial charge in [-0.1, -0.05) is 6.07 Å². The summed E-state index contributed by atoms with van der Waals surface area (Å²) in [6.07, 6.45) is 3.07. The molecule has 1 aliphatic carbocycles. The van der Waals surface area contributed by atoms with Crippen molar-refractivity contribution in [2.45, 2.75) is 12.8 Å². The maximum atomic E-state index is 12.8. The van der Waals surface area contributed by atoms with Crippen LogP contribution in [0, 0.1) is 17.6 Å². The Morgan fingerprint density at radius 1 is 1.38 bits per heavy atom. The molecule has 1 fully saturated rings. The van der Waals surface area contributed by atoms with Crippen molar-refractivity contribution in [3.05, 3.63) is 35.4 Å². The lowest BCUT2D eigenvalue weighted by molar-refractivity contribution is -0.122. The molecule has 0 aliphatic heterocycles. The van der Waals surface area contributed by atoms with Crippen molar-refractivity contribution in [1.82, 2.24) is 5.43 Å². The normalized spacial score (nSPS) is 15.4. The number of carbonyl (C=O) groups is 1. The maximum absolute atomic E-state index is 12.8. The molecular formula is C11H10F2N2O. The molecule has 0 aromatic heterocycles. The third kappa shape index (κ3) is 2.62. The van der Waals surface area contributed by atoms with Gasteiger partial charge in [-0.25, -0.2) is 14.2 Å². The second-order valence-corrected chi connectivity index (χ2v) is 3.68. The summed E-state index contributed by atoms with van der Waals surface area (Å²) in [7, 11) is 0. The predicted molar refractivity (Wildman–Crippen MR) is 54.8 cm³/mol. The largest absolute Gasteiger partial charge is 0.273 e. The zero-order chi connectivity index (χ0) is 11.5. The number of nitrogens with zero attached hydrogens (tertiary/aromatic N) is 1. The molecule has 16 heavy (non-hydrogen) atoms. The van der Waals surface area contributed by atoms with Gasteiger partial charge >= 0.3 is 0 Å². The van der Waals surface area contributed by atoms with Gasteiger partial charge in [0.1, 0.15) is 0 Å². The van der Waals surface area contributed by atoms with Crippen molar-refractivity contribution in [1.29, 1.82) is 0 Å². The van der Waals surface area contributed by atoms with E-state index in [0.29, 0.717) is 5.56 Å². The van der Waals surface area contributed by atoms with E-state index in [1.54, 1.807) is 0 Å². The van der Waals surface area contributed by atoms with Crippen molar-refractivity contribution < 1.29 is 13.6 Å². The molecule has 84 valence electrons. The summed E-state index contributed by atoms with van der Waals surface area (Å²) < 4.78 is 25.4. The van der Waals surface area contributed by atoms with Crippen molar-refractivity contribution in [2.24, 2.45) is 11.0 Å². The standard InChI is InChI=1S/C11H10F2N2O/c12-9-4-1-7(5-10(9)13)6-14-15-11(16)8-2-3-8/h1,4-6,8H,2-3H2,(H,15,16)/b14-6-. The number of hydrogen-bond acceptors (Lipinski definition) is 2. The van der Waals surface area contributed by atoms with E-state index in [1.807, 2.05) is 0 Å². The summed E-state index contributed by atoms with van der Waals surface area (Å²) >= 11 is 0. The number of hydrazone groups is 1. The highest BCUT2D eigenvalue weighted by molar-refractivity contribution is 5.84. The number of amides is 1. The van der Waals surface area contributed by atoms with Gasteiger partial charge < -0.3 is 0 Å². The average molecular weight is 224 g/mol. The van der Waals surface area contributed by atoms with Gasteiger partial charge in [-0.2, -0.15) is 5.10 Å². The number of rotatable bonds is 3. The molecule has 1 N–H and O–H groups in total. The van der Waals surface area contributed by atoms with E-state index in [2.05, 4.69) is 10.5 Å². The smallest absolute Gasteiger partial charge is 0.243 e. The topological polar surface area (TPSA) is 41.5 Å². The molecule has 0 unspecified atom stereocenters. The van der Waals surface area contributed by atoms with Gasteiger partial charge in [-0.15, -0.1) is 0 Å². The number of hydrogen-bond donors (Lipinski definition) is 1. The molecule has 0 atom stereocenters. The summed E-state index contributed by atoms with van der Waals surface area (Å²) in [5.74, 6) is -1.89. The van der Waals surface area contributed by atoms with Crippen LogP contribution in [0.1, 0.15) is 18.4 Å². The van der Waals surface area contributed by atoms with E-state index in [4.69, 9.17) is 0 Å². The number of nitrogens with one attached hydrogen (secondary N) is 1. The van der Waals surface area contributed by atoms with E-state index in [-0.39, 0.29) is 11.8 Å². The van der Waals surface area contributed by atoms with E-state index in [0.717, 1.165) is 25.0 Å². The predicted octanol–water partition coefficient (Wildman–Crippen LogP) is 1.82. The van der Waals surface area contributed by atoms with Gasteiger partial charge in [0.25, 0.3) is 0 Å². The van der Waals surface area contributed by atoms with Crippen LogP contribution in [0.2, 0.25) is 0 Å². The summed E-state index contributed by atoms with van der Waals surface area (Å²) in [5.41, 5.74) is 2.74. The average Bonchev–Trinajstić information content (AvgIpc) is 3.07. The maximum Gasteiger partial charge on any atom is 0.243 e. The SMILES string of the molecule is O=C(N/N=C\c1ccc(F)c(F)c1)C1CC1. The first-order valence-corrected chi connectivity index (χ1v) is 4.95. The lowest BCUT2D eigenvalue weighted by Gasteiger charge is -1.97. The third-order valence-corrected chi connectivity index (χ3v) is 2.28. The van der Waals surface area contributed by atoms with Crippen LogP contribution in [0.4, 0.5) is 8.78 Å². The molecule has 0 bridgehead atoms. The van der Waals surface area contributed by atoms with E-state index in [9.17, 15) is 13.6 Å². The molecule has 1 saturated carbocycles. The molecule has 0 heterocycles. The Bertz CT molecular complexity index is 442. The Kier molecular flexibility index (Phi) is 2.94. The number of benzene rings is 1. The Hall–Kier alpha value is -1.78. The Morgan fingerprint density at radius 2 is 2.12 bits per heavy atom. The van der Waals surface area contributed by atoms with Crippen LogP contribution in [0.15, 0.2) is 23.3 Å². The molecule has 2 rings (SSSR count). The van der Waals surface area contributed by atoms with Crippen molar-refractivity contribution in [3.8, 4) is 0 Å². The lowest BCUT2D eigenvalue weighted by atomic mass is 10.2. The highest BCUT2D eigenvalue weighted by Gasteiger charge is 2.29. The second-order valence-electron chi connectivity index (χ2n) is 3.68. The summed E-state index contributed by atoms with van der Waals surface area (Å²) in [6, 6.07) is 3.41. The quantitative estimate of drug-likeness (QED) is 0.617. The first-order valence-electron chi connectivity index (χ1n) is 4.95. The molecule has 1 amide bonds. The van der Waals surface area contributed by atoms with Crippen LogP contribution < -0.4 is 5.43 Å². The van der Waals surface area contributed by atoms with Crippen molar-refractivity contribution in [3.63, 3.8) is 0 Å². The second kappa shape index (κ2) is 4.38. The van der Waals surface area contributed by atoms with Gasteiger partial charge in [0.05, 0.1) is 6.21 Å². The van der Waals surface area contributed by atoms with Crippen LogP contribution in [-0.4, -0.2) is 12.1 Å².